The van der Waals surface area contributed by atoms with Crippen molar-refractivity contribution in [2.24, 2.45) is 0 Å². The summed E-state index contributed by atoms with van der Waals surface area (Å²) in [6.45, 7) is 0. The molecule has 2 N–H and O–H groups in total. The van der Waals surface area contributed by atoms with Crippen LogP contribution in [0.1, 0.15) is 22.5 Å². The van der Waals surface area contributed by atoms with Gasteiger partial charge in [0, 0.05) is 0 Å². The van der Waals surface area contributed by atoms with E-state index >= 15 is 0 Å². The summed E-state index contributed by atoms with van der Waals surface area (Å²) in [5, 5.41) is 9.17. The predicted octanol–water partition coefficient (Wildman–Crippen LogP) is 1.89. The molecule has 1 rings (SSSR count). The number of nitro groups is 1. The van der Waals surface area contributed by atoms with E-state index < -0.39 is 39.4 Å². The fraction of sp³-hybridized carbons (Fsp3) is 0.143. The molecule has 1 heterocycles. The molecule has 0 aliphatic rings. The first kappa shape index (κ1) is 12.2. The lowest BCUT2D eigenvalue weighted by molar-refractivity contribution is -0.388. The summed E-state index contributed by atoms with van der Waals surface area (Å²) in [5.74, 6) is -0.933. The number of nitrogens with zero attached hydrogens (tertiary/aromatic N) is 2. The van der Waals surface area contributed by atoms with Gasteiger partial charge in [-0.2, -0.15) is 0 Å². The first-order valence-electron chi connectivity index (χ1n) is 3.77. The Bertz CT molecular complexity index is 466. The van der Waals surface area contributed by atoms with E-state index in [9.17, 15) is 23.7 Å². The molecule has 0 aliphatic heterocycles. The number of hydrogen-bond acceptors (Lipinski definition) is 5. The minimum atomic E-state index is -3.16. The lowest BCUT2D eigenvalue weighted by Gasteiger charge is -2.02. The Kier molecular flexibility index (Phi) is 3.33. The van der Waals surface area contributed by atoms with Crippen LogP contribution in [-0.2, 0) is 0 Å². The van der Waals surface area contributed by atoms with Gasteiger partial charge in [0.1, 0.15) is 5.69 Å². The number of rotatable bonds is 3. The van der Waals surface area contributed by atoms with Crippen LogP contribution < -0.4 is 5.73 Å². The third-order valence-electron chi connectivity index (χ3n) is 1.65. The predicted molar refractivity (Wildman–Crippen MR) is 50.4 cm³/mol. The molecule has 9 heteroatoms. The van der Waals surface area contributed by atoms with E-state index in [4.69, 9.17) is 17.3 Å². The van der Waals surface area contributed by atoms with Crippen LogP contribution in [0.4, 0.5) is 20.3 Å². The molecule has 0 saturated heterocycles. The van der Waals surface area contributed by atoms with Crippen LogP contribution in [0.3, 0.4) is 0 Å². The number of pyridine rings is 1. The van der Waals surface area contributed by atoms with Gasteiger partial charge in [0.2, 0.25) is 5.69 Å². The molecule has 0 atom stereocenters. The summed E-state index contributed by atoms with van der Waals surface area (Å²) in [6, 6.07) is 0.710. The number of alkyl halides is 2. The van der Waals surface area contributed by atoms with Crippen molar-refractivity contribution in [3.63, 3.8) is 0 Å². The molecule has 0 unspecified atom stereocenters. The van der Waals surface area contributed by atoms with Crippen molar-refractivity contribution in [3.8, 4) is 0 Å². The van der Waals surface area contributed by atoms with Gasteiger partial charge in [0.05, 0.1) is 5.56 Å². The van der Waals surface area contributed by atoms with Crippen molar-refractivity contribution in [2.45, 2.75) is 6.43 Å². The molecule has 6 nitrogen and oxygen atoms in total. The Labute approximate surface area is 92.2 Å². The van der Waals surface area contributed by atoms with Gasteiger partial charge in [-0.3, -0.25) is 4.79 Å². The van der Waals surface area contributed by atoms with Gasteiger partial charge in [-0.25, -0.2) is 8.78 Å². The van der Waals surface area contributed by atoms with Crippen LogP contribution in [-0.4, -0.2) is 15.1 Å². The highest BCUT2D eigenvalue weighted by atomic mass is 35.5. The Morgan fingerprint density at radius 3 is 2.56 bits per heavy atom. The van der Waals surface area contributed by atoms with Crippen molar-refractivity contribution in [1.82, 2.24) is 4.98 Å². The average Bonchev–Trinajstić information content (AvgIpc) is 2.15. The maximum atomic E-state index is 12.4. The monoisotopic (exact) mass is 251 g/mol. The van der Waals surface area contributed by atoms with E-state index in [2.05, 4.69) is 4.98 Å². The Hall–Kier alpha value is -1.83. The summed E-state index contributed by atoms with van der Waals surface area (Å²) in [7, 11) is 0. The van der Waals surface area contributed by atoms with Gasteiger partial charge in [0.25, 0.3) is 5.24 Å². The summed E-state index contributed by atoms with van der Waals surface area (Å²) < 4.78 is 24.9. The third-order valence-corrected chi connectivity index (χ3v) is 1.86. The quantitative estimate of drug-likeness (QED) is 0.502. The molecule has 0 saturated carbocycles. The van der Waals surface area contributed by atoms with Gasteiger partial charge in [-0.05, 0) is 27.6 Å². The Morgan fingerprint density at radius 2 is 2.19 bits per heavy atom. The molecule has 0 fully saturated rings. The molecule has 16 heavy (non-hydrogen) atoms. The largest absolute Gasteiger partial charge is 0.392 e. The van der Waals surface area contributed by atoms with Crippen LogP contribution >= 0.6 is 11.6 Å². The standard InChI is InChI=1S/C7H4ClF2N3O3/c8-5(14)2-1-3(11)7(13(15)16)12-4(2)6(9)10/h1,6H,11H2. The summed E-state index contributed by atoms with van der Waals surface area (Å²) >= 11 is 5.02. The number of aromatic nitrogens is 1. The summed E-state index contributed by atoms with van der Waals surface area (Å²) in [6.07, 6.45) is -3.16. The first-order chi connectivity index (χ1) is 7.34. The van der Waals surface area contributed by atoms with Crippen molar-refractivity contribution >= 4 is 28.3 Å². The summed E-state index contributed by atoms with van der Waals surface area (Å²) in [4.78, 5) is 23.1. The highest BCUT2D eigenvalue weighted by Crippen LogP contribution is 2.28. The SMILES string of the molecule is Nc1cc(C(=O)Cl)c(C(F)F)nc1[N+](=O)[O-]. The zero-order valence-electron chi connectivity index (χ0n) is 7.49. The lowest BCUT2D eigenvalue weighted by Crippen LogP contribution is -2.07. The van der Waals surface area contributed by atoms with E-state index in [1.807, 2.05) is 0 Å². The molecular weight excluding hydrogens is 248 g/mol. The number of nitrogen functional groups attached to an aromatic ring is 1. The molecule has 0 aromatic carbocycles. The number of nitrogens with two attached hydrogens (primary N) is 1. The highest BCUT2D eigenvalue weighted by Gasteiger charge is 2.28. The van der Waals surface area contributed by atoms with E-state index in [0.717, 1.165) is 0 Å². The Morgan fingerprint density at radius 1 is 1.62 bits per heavy atom. The molecule has 0 aliphatic carbocycles. The van der Waals surface area contributed by atoms with E-state index in [0.29, 0.717) is 6.07 Å². The molecule has 0 bridgehead atoms. The zero-order valence-corrected chi connectivity index (χ0v) is 8.24. The highest BCUT2D eigenvalue weighted by molar-refractivity contribution is 6.67. The third kappa shape index (κ3) is 2.22. The fourth-order valence-electron chi connectivity index (χ4n) is 1.00. The molecule has 1 aromatic heterocycles. The van der Waals surface area contributed by atoms with Gasteiger partial charge in [-0.1, -0.05) is 0 Å². The Balaban J connectivity index is 3.49. The lowest BCUT2D eigenvalue weighted by atomic mass is 10.2. The van der Waals surface area contributed by atoms with Crippen LogP contribution in [0.25, 0.3) is 0 Å². The second-order valence-corrected chi connectivity index (χ2v) is 3.01. The normalized spacial score (nSPS) is 10.5. The topological polar surface area (TPSA) is 99.1 Å². The van der Waals surface area contributed by atoms with Crippen molar-refractivity contribution < 1.29 is 18.5 Å². The molecule has 1 aromatic rings. The zero-order chi connectivity index (χ0) is 12.5. The van der Waals surface area contributed by atoms with E-state index in [1.165, 1.54) is 0 Å². The van der Waals surface area contributed by atoms with Crippen molar-refractivity contribution in [1.29, 1.82) is 0 Å². The van der Waals surface area contributed by atoms with Gasteiger partial charge < -0.3 is 15.8 Å². The number of halogens is 3. The van der Waals surface area contributed by atoms with Crippen LogP contribution in [0, 0.1) is 10.1 Å². The molecule has 0 amide bonds. The van der Waals surface area contributed by atoms with E-state index in [1.54, 1.807) is 0 Å². The number of carbonyl (C=O) groups excluding carboxylic acids is 1. The second kappa shape index (κ2) is 4.35. The van der Waals surface area contributed by atoms with Gasteiger partial charge >= 0.3 is 12.2 Å². The maximum absolute atomic E-state index is 12.4. The molecule has 0 radical (unpaired) electrons. The number of carbonyl (C=O) groups is 1. The average molecular weight is 252 g/mol. The minimum absolute atomic E-state index is 0.501. The summed E-state index contributed by atoms with van der Waals surface area (Å²) in [5.41, 5.74) is 2.97. The smallest absolute Gasteiger partial charge is 0.387 e. The maximum Gasteiger partial charge on any atom is 0.387 e. The first-order valence-corrected chi connectivity index (χ1v) is 4.15. The van der Waals surface area contributed by atoms with Crippen molar-refractivity contribution in [3.05, 3.63) is 27.4 Å². The van der Waals surface area contributed by atoms with Crippen LogP contribution in [0.2, 0.25) is 0 Å². The number of anilines is 1. The number of hydrogen-bond donors (Lipinski definition) is 1. The van der Waals surface area contributed by atoms with Gasteiger partial charge in [-0.15, -0.1) is 0 Å². The van der Waals surface area contributed by atoms with Gasteiger partial charge in [0.15, 0.2) is 0 Å². The van der Waals surface area contributed by atoms with Crippen LogP contribution in [0.15, 0.2) is 6.07 Å². The fourth-order valence-corrected chi connectivity index (χ4v) is 1.15. The van der Waals surface area contributed by atoms with E-state index in [-0.39, 0.29) is 0 Å². The van der Waals surface area contributed by atoms with Crippen molar-refractivity contribution in [2.75, 3.05) is 5.73 Å². The molecular formula is C7H4ClF2N3O3. The second-order valence-electron chi connectivity index (χ2n) is 2.67. The van der Waals surface area contributed by atoms with Crippen LogP contribution in [0.5, 0.6) is 0 Å². The minimum Gasteiger partial charge on any atom is -0.392 e. The molecule has 0 spiro atoms. The molecule has 86 valence electrons.